The summed E-state index contributed by atoms with van der Waals surface area (Å²) in [6.45, 7) is 2.91. The molecule has 0 saturated heterocycles. The Labute approximate surface area is 270 Å². The molecule has 0 aliphatic heterocycles. The molecule has 0 radical (unpaired) electrons. The fourth-order valence-corrected chi connectivity index (χ4v) is 6.90. The van der Waals surface area contributed by atoms with Crippen molar-refractivity contribution in [2.45, 2.75) is 69.5 Å². The highest BCUT2D eigenvalue weighted by Crippen LogP contribution is 2.33. The van der Waals surface area contributed by atoms with E-state index < -0.39 is 34.3 Å². The third kappa shape index (κ3) is 8.28. The Morgan fingerprint density at radius 3 is 2.26 bits per heavy atom. The molecule has 248 valence electrons. The van der Waals surface area contributed by atoms with Gasteiger partial charge in [0, 0.05) is 24.2 Å². The maximum absolute atomic E-state index is 14.8. The molecule has 0 heterocycles. The number of nitrogens with zero attached hydrogens (tertiary/aromatic N) is 2. The molecule has 1 aliphatic carbocycles. The number of nitrogens with one attached hydrogen (secondary N) is 1. The van der Waals surface area contributed by atoms with Gasteiger partial charge in [-0.25, -0.2) is 12.8 Å². The SMILES string of the molecule is CCOc1ccc(N(CC(=O)N(Cc2ccccc2F)[C@H](C)C(=O)NC2CCCCC2)S(=O)(=O)c2ccc(OC)c(OC)c2)cc1. The van der Waals surface area contributed by atoms with Gasteiger partial charge in [-0.05, 0) is 69.2 Å². The molecule has 4 rings (SSSR count). The molecule has 10 nitrogen and oxygen atoms in total. The molecule has 0 unspecified atom stereocenters. The number of carbonyl (C=O) groups excluding carboxylic acids is 2. The number of sulfonamides is 1. The monoisotopic (exact) mass is 655 g/mol. The Hall–Kier alpha value is -4.32. The van der Waals surface area contributed by atoms with Gasteiger partial charge in [0.15, 0.2) is 11.5 Å². The molecule has 2 amide bonds. The number of hydrogen-bond acceptors (Lipinski definition) is 7. The first-order chi connectivity index (χ1) is 22.1. The van der Waals surface area contributed by atoms with E-state index in [1.807, 2.05) is 6.92 Å². The number of rotatable bonds is 14. The summed E-state index contributed by atoms with van der Waals surface area (Å²) >= 11 is 0. The van der Waals surface area contributed by atoms with E-state index in [2.05, 4.69) is 5.32 Å². The van der Waals surface area contributed by atoms with E-state index in [1.54, 1.807) is 25.1 Å². The highest BCUT2D eigenvalue weighted by Gasteiger charge is 2.34. The molecule has 1 saturated carbocycles. The normalized spacial score (nSPS) is 14.2. The van der Waals surface area contributed by atoms with E-state index in [0.717, 1.165) is 36.4 Å². The number of methoxy groups -OCH3 is 2. The van der Waals surface area contributed by atoms with Gasteiger partial charge < -0.3 is 24.4 Å². The van der Waals surface area contributed by atoms with Gasteiger partial charge in [0.05, 0.1) is 31.4 Å². The lowest BCUT2D eigenvalue weighted by atomic mass is 9.95. The van der Waals surface area contributed by atoms with Crippen LogP contribution in [0.4, 0.5) is 10.1 Å². The number of halogens is 1. The van der Waals surface area contributed by atoms with Crippen molar-refractivity contribution < 1.29 is 36.6 Å². The van der Waals surface area contributed by atoms with Gasteiger partial charge in [-0.1, -0.05) is 37.5 Å². The Balaban J connectivity index is 1.72. The van der Waals surface area contributed by atoms with Crippen LogP contribution in [0.2, 0.25) is 0 Å². The maximum atomic E-state index is 14.8. The van der Waals surface area contributed by atoms with E-state index in [0.29, 0.717) is 18.1 Å². The highest BCUT2D eigenvalue weighted by molar-refractivity contribution is 7.92. The van der Waals surface area contributed by atoms with E-state index >= 15 is 0 Å². The van der Waals surface area contributed by atoms with Crippen LogP contribution in [0.5, 0.6) is 17.2 Å². The van der Waals surface area contributed by atoms with Crippen LogP contribution in [0.15, 0.2) is 71.6 Å². The van der Waals surface area contributed by atoms with Crippen LogP contribution in [-0.2, 0) is 26.2 Å². The zero-order chi connectivity index (χ0) is 33.3. The predicted octanol–water partition coefficient (Wildman–Crippen LogP) is 5.30. The molecule has 0 spiro atoms. The van der Waals surface area contributed by atoms with E-state index in [-0.39, 0.29) is 40.4 Å². The second-order valence-electron chi connectivity index (χ2n) is 11.1. The number of amides is 2. The van der Waals surface area contributed by atoms with Crippen molar-refractivity contribution >= 4 is 27.5 Å². The van der Waals surface area contributed by atoms with E-state index in [4.69, 9.17) is 14.2 Å². The quantitative estimate of drug-likeness (QED) is 0.251. The lowest BCUT2D eigenvalue weighted by molar-refractivity contribution is -0.139. The highest BCUT2D eigenvalue weighted by atomic mass is 32.2. The first-order valence-electron chi connectivity index (χ1n) is 15.4. The van der Waals surface area contributed by atoms with Crippen molar-refractivity contribution in [1.29, 1.82) is 0 Å². The van der Waals surface area contributed by atoms with Crippen LogP contribution >= 0.6 is 0 Å². The van der Waals surface area contributed by atoms with Crippen molar-refractivity contribution in [3.8, 4) is 17.2 Å². The second-order valence-corrected chi connectivity index (χ2v) is 13.0. The van der Waals surface area contributed by atoms with Gasteiger partial charge in [0.25, 0.3) is 10.0 Å². The zero-order valence-corrected chi connectivity index (χ0v) is 27.5. The molecule has 12 heteroatoms. The zero-order valence-electron chi connectivity index (χ0n) is 26.7. The Morgan fingerprint density at radius 2 is 1.63 bits per heavy atom. The summed E-state index contributed by atoms with van der Waals surface area (Å²) < 4.78 is 60.4. The number of carbonyl (C=O) groups is 2. The molecular weight excluding hydrogens is 613 g/mol. The largest absolute Gasteiger partial charge is 0.494 e. The summed E-state index contributed by atoms with van der Waals surface area (Å²) in [5.41, 5.74) is 0.389. The molecule has 3 aromatic carbocycles. The maximum Gasteiger partial charge on any atom is 0.264 e. The number of benzene rings is 3. The second kappa shape index (κ2) is 15.8. The van der Waals surface area contributed by atoms with Crippen molar-refractivity contribution in [3.63, 3.8) is 0 Å². The minimum absolute atomic E-state index is 0.0140. The van der Waals surface area contributed by atoms with Gasteiger partial charge >= 0.3 is 0 Å². The summed E-state index contributed by atoms with van der Waals surface area (Å²) in [5.74, 6) is -0.564. The minimum Gasteiger partial charge on any atom is -0.494 e. The standard InChI is InChI=1S/C34H42FN3O7S/c1-5-45-28-17-15-27(16-18-28)38(46(41,42)29-19-20-31(43-3)32(21-29)44-4)23-33(39)37(22-25-11-9-10-14-30(25)35)24(2)34(40)36-26-12-7-6-8-13-26/h9-11,14-21,24,26H,5-8,12-13,22-23H2,1-4H3,(H,36,40)/t24-/m1/s1. The Kier molecular flexibility index (Phi) is 11.9. The van der Waals surface area contributed by atoms with Crippen LogP contribution in [-0.4, -0.2) is 64.6 Å². The average molecular weight is 656 g/mol. The molecule has 3 aromatic rings. The summed E-state index contributed by atoms with van der Waals surface area (Å²) in [4.78, 5) is 28.7. The molecule has 46 heavy (non-hydrogen) atoms. The lowest BCUT2D eigenvalue weighted by Gasteiger charge is -2.33. The summed E-state index contributed by atoms with van der Waals surface area (Å²) in [6, 6.07) is 15.4. The van der Waals surface area contributed by atoms with Gasteiger partial charge in [0.1, 0.15) is 24.2 Å². The lowest BCUT2D eigenvalue weighted by Crippen LogP contribution is -2.53. The number of ether oxygens (including phenoxy) is 3. The fraction of sp³-hybridized carbons (Fsp3) is 0.412. The van der Waals surface area contributed by atoms with Gasteiger partial charge in [-0.3, -0.25) is 13.9 Å². The molecule has 0 aromatic heterocycles. The van der Waals surface area contributed by atoms with Crippen molar-refractivity contribution in [3.05, 3.63) is 78.1 Å². The van der Waals surface area contributed by atoms with E-state index in [9.17, 15) is 22.4 Å². The Morgan fingerprint density at radius 1 is 0.957 bits per heavy atom. The van der Waals surface area contributed by atoms with Crippen LogP contribution in [0.25, 0.3) is 0 Å². The smallest absolute Gasteiger partial charge is 0.264 e. The Bertz CT molecular complexity index is 1590. The molecule has 1 aliphatic rings. The topological polar surface area (TPSA) is 114 Å². The summed E-state index contributed by atoms with van der Waals surface area (Å²) in [5, 5.41) is 3.04. The number of anilines is 1. The van der Waals surface area contributed by atoms with Gasteiger partial charge in [-0.2, -0.15) is 0 Å². The molecule has 1 atom stereocenters. The van der Waals surface area contributed by atoms with E-state index in [1.165, 1.54) is 67.7 Å². The van der Waals surface area contributed by atoms with Crippen LogP contribution in [0, 0.1) is 5.82 Å². The van der Waals surface area contributed by atoms with Crippen LogP contribution in [0.3, 0.4) is 0 Å². The summed E-state index contributed by atoms with van der Waals surface area (Å²) in [7, 11) is -1.55. The first-order valence-corrected chi connectivity index (χ1v) is 16.8. The van der Waals surface area contributed by atoms with Crippen molar-refractivity contribution in [2.24, 2.45) is 0 Å². The molecular formula is C34H42FN3O7S. The fourth-order valence-electron chi connectivity index (χ4n) is 5.47. The number of hydrogen-bond donors (Lipinski definition) is 1. The molecule has 0 bridgehead atoms. The van der Waals surface area contributed by atoms with Gasteiger partial charge in [-0.15, -0.1) is 0 Å². The molecule has 1 N–H and O–H groups in total. The third-order valence-corrected chi connectivity index (χ3v) is 9.84. The average Bonchev–Trinajstić information content (AvgIpc) is 3.07. The minimum atomic E-state index is -4.38. The first kappa shape index (κ1) is 34.6. The van der Waals surface area contributed by atoms with Crippen LogP contribution in [0.1, 0.15) is 51.5 Å². The van der Waals surface area contributed by atoms with Crippen molar-refractivity contribution in [2.75, 3.05) is 31.7 Å². The van der Waals surface area contributed by atoms with Gasteiger partial charge in [0.2, 0.25) is 11.8 Å². The van der Waals surface area contributed by atoms with Crippen molar-refractivity contribution in [1.82, 2.24) is 10.2 Å². The third-order valence-electron chi connectivity index (χ3n) is 8.07. The molecule has 1 fully saturated rings. The summed E-state index contributed by atoms with van der Waals surface area (Å²) in [6.07, 6.45) is 4.80. The van der Waals surface area contributed by atoms with Crippen LogP contribution < -0.4 is 23.8 Å². The predicted molar refractivity (Wildman–Crippen MR) is 173 cm³/mol.